The molecule has 2 atom stereocenters. The third kappa shape index (κ3) is 6.80. The first-order chi connectivity index (χ1) is 14.1. The van der Waals surface area contributed by atoms with Crippen molar-refractivity contribution in [2.45, 2.75) is 58.3 Å². The summed E-state index contributed by atoms with van der Waals surface area (Å²) in [4.78, 5) is 4.86. The van der Waals surface area contributed by atoms with Crippen molar-refractivity contribution in [3.8, 4) is 0 Å². The second kappa shape index (κ2) is 11.5. The summed E-state index contributed by atoms with van der Waals surface area (Å²) in [5, 5.41) is 3.55. The molecule has 2 unspecified atom stereocenters. The van der Waals surface area contributed by atoms with Crippen LogP contribution in [0.15, 0.2) is 34.9 Å². The molecular weight excluding hydrogens is 354 g/mol. The van der Waals surface area contributed by atoms with Gasteiger partial charge in [0.15, 0.2) is 0 Å². The smallest absolute Gasteiger partial charge is 0.00160 e. The fourth-order valence-electron chi connectivity index (χ4n) is 5.39. The number of nitrogens with zero attached hydrogens (tertiary/aromatic N) is 2. The lowest BCUT2D eigenvalue weighted by Gasteiger charge is -2.26. The number of allylic oxidation sites excluding steroid dienone is 6. The second-order valence-electron chi connectivity index (χ2n) is 9.92. The molecular formula is C26H45N3. The molecule has 0 bridgehead atoms. The summed E-state index contributed by atoms with van der Waals surface area (Å²) in [6.07, 6.45) is 18.2. The van der Waals surface area contributed by atoms with E-state index in [0.717, 1.165) is 11.8 Å². The maximum absolute atomic E-state index is 3.55. The highest BCUT2D eigenvalue weighted by Crippen LogP contribution is 2.36. The lowest BCUT2D eigenvalue weighted by atomic mass is 9.84. The molecule has 2 saturated heterocycles. The Labute approximate surface area is 180 Å². The lowest BCUT2D eigenvalue weighted by molar-refractivity contribution is 0.345. The Morgan fingerprint density at radius 2 is 1.86 bits per heavy atom. The minimum Gasteiger partial charge on any atom is -0.317 e. The van der Waals surface area contributed by atoms with E-state index in [9.17, 15) is 0 Å². The highest BCUT2D eigenvalue weighted by molar-refractivity contribution is 5.40. The Bertz CT molecular complexity index is 595. The van der Waals surface area contributed by atoms with Crippen molar-refractivity contribution in [3.05, 3.63) is 34.9 Å². The van der Waals surface area contributed by atoms with Gasteiger partial charge in [0.2, 0.25) is 0 Å². The lowest BCUT2D eigenvalue weighted by Crippen LogP contribution is -2.28. The second-order valence-corrected chi connectivity index (χ2v) is 9.92. The van der Waals surface area contributed by atoms with Gasteiger partial charge in [-0.2, -0.15) is 0 Å². The fourth-order valence-corrected chi connectivity index (χ4v) is 5.39. The van der Waals surface area contributed by atoms with Crippen LogP contribution in [-0.2, 0) is 0 Å². The molecule has 0 radical (unpaired) electrons. The molecule has 1 N–H and O–H groups in total. The van der Waals surface area contributed by atoms with E-state index in [-0.39, 0.29) is 0 Å². The quantitative estimate of drug-likeness (QED) is 0.658. The average molecular weight is 400 g/mol. The first-order valence-corrected chi connectivity index (χ1v) is 12.2. The number of rotatable bonds is 7. The van der Waals surface area contributed by atoms with Crippen LogP contribution >= 0.6 is 0 Å². The molecule has 3 nitrogen and oxygen atoms in total. The molecule has 2 heterocycles. The zero-order valence-electron chi connectivity index (χ0n) is 19.6. The van der Waals surface area contributed by atoms with Crippen molar-refractivity contribution in [1.82, 2.24) is 15.1 Å². The largest absolute Gasteiger partial charge is 0.317 e. The van der Waals surface area contributed by atoms with E-state index in [0.29, 0.717) is 5.92 Å². The van der Waals surface area contributed by atoms with Gasteiger partial charge in [-0.05, 0) is 134 Å². The molecule has 2 aliphatic heterocycles. The number of hydrogen-bond acceptors (Lipinski definition) is 3. The number of likely N-dealkylation sites (tertiary alicyclic amines) is 1. The molecule has 3 heteroatoms. The van der Waals surface area contributed by atoms with Crippen LogP contribution in [0.5, 0.6) is 0 Å². The minimum atomic E-state index is 0.696. The third-order valence-electron chi connectivity index (χ3n) is 7.43. The van der Waals surface area contributed by atoms with Crippen molar-refractivity contribution in [2.75, 3.05) is 53.9 Å². The van der Waals surface area contributed by atoms with E-state index < -0.39 is 0 Å². The van der Waals surface area contributed by atoms with Crippen LogP contribution in [0, 0.1) is 17.8 Å². The van der Waals surface area contributed by atoms with Gasteiger partial charge in [-0.1, -0.05) is 30.7 Å². The van der Waals surface area contributed by atoms with Crippen molar-refractivity contribution >= 4 is 0 Å². The van der Waals surface area contributed by atoms with Crippen molar-refractivity contribution in [3.63, 3.8) is 0 Å². The minimum absolute atomic E-state index is 0.696. The van der Waals surface area contributed by atoms with Crippen LogP contribution in [0.3, 0.4) is 0 Å². The van der Waals surface area contributed by atoms with Crippen LogP contribution in [0.4, 0.5) is 0 Å². The molecule has 0 aromatic carbocycles. The monoisotopic (exact) mass is 399 g/mol. The number of nitrogens with one attached hydrogen (secondary N) is 1. The van der Waals surface area contributed by atoms with Crippen LogP contribution in [0.1, 0.15) is 58.3 Å². The van der Waals surface area contributed by atoms with Gasteiger partial charge in [0.25, 0.3) is 0 Å². The highest BCUT2D eigenvalue weighted by atomic mass is 15.1. The van der Waals surface area contributed by atoms with Crippen LogP contribution in [0.25, 0.3) is 0 Å². The van der Waals surface area contributed by atoms with Gasteiger partial charge in [0.1, 0.15) is 0 Å². The standard InChI is InChI=1S/C26H45N3/c1-5-21(12-17-28(2)3)24-8-9-25(23-10-14-27-15-11-23)20-26(19-24)22-7-6-16-29(4)18-13-22/h8,19-23,27H,5-7,9-18H2,1-4H3. The molecule has 164 valence electrons. The van der Waals surface area contributed by atoms with E-state index in [1.54, 1.807) is 16.7 Å². The molecule has 0 aromatic heterocycles. The number of piperidine rings is 1. The Kier molecular flexibility index (Phi) is 9.02. The average Bonchev–Trinajstić information content (AvgIpc) is 3.07. The van der Waals surface area contributed by atoms with E-state index in [4.69, 9.17) is 0 Å². The molecule has 0 amide bonds. The Morgan fingerprint density at radius 3 is 2.59 bits per heavy atom. The van der Waals surface area contributed by atoms with Gasteiger partial charge in [0, 0.05) is 0 Å². The van der Waals surface area contributed by atoms with Crippen molar-refractivity contribution in [1.29, 1.82) is 0 Å². The van der Waals surface area contributed by atoms with Gasteiger partial charge in [-0.3, -0.25) is 0 Å². The predicted octanol–water partition coefficient (Wildman–Crippen LogP) is 4.88. The Hall–Kier alpha value is -0.900. The molecule has 0 saturated carbocycles. The van der Waals surface area contributed by atoms with E-state index in [1.807, 2.05) is 0 Å². The number of hydrogen-bond donors (Lipinski definition) is 1. The van der Waals surface area contributed by atoms with E-state index in [2.05, 4.69) is 61.4 Å². The summed E-state index contributed by atoms with van der Waals surface area (Å²) in [5.41, 5.74) is 5.00. The Morgan fingerprint density at radius 1 is 1.07 bits per heavy atom. The molecule has 3 rings (SSSR count). The summed E-state index contributed by atoms with van der Waals surface area (Å²) in [7, 11) is 6.70. The zero-order valence-corrected chi connectivity index (χ0v) is 19.6. The maximum Gasteiger partial charge on any atom is -0.00160 e. The predicted molar refractivity (Wildman–Crippen MR) is 126 cm³/mol. The first-order valence-electron chi connectivity index (χ1n) is 12.2. The van der Waals surface area contributed by atoms with Crippen molar-refractivity contribution in [2.24, 2.45) is 17.8 Å². The Balaban J connectivity index is 1.84. The van der Waals surface area contributed by atoms with Gasteiger partial charge in [-0.15, -0.1) is 0 Å². The SMILES string of the molecule is CCC(CCN(C)C)C1=CCC(C2CCNCC2)=CC(C2CCCN(C)CC2)=C1. The maximum atomic E-state index is 3.55. The summed E-state index contributed by atoms with van der Waals surface area (Å²) in [6.45, 7) is 8.44. The van der Waals surface area contributed by atoms with Gasteiger partial charge >= 0.3 is 0 Å². The van der Waals surface area contributed by atoms with Gasteiger partial charge in [-0.25, -0.2) is 0 Å². The zero-order chi connectivity index (χ0) is 20.6. The molecule has 3 aliphatic rings. The van der Waals surface area contributed by atoms with E-state index in [1.165, 1.54) is 84.1 Å². The molecule has 0 aromatic rings. The van der Waals surface area contributed by atoms with Crippen LogP contribution in [0.2, 0.25) is 0 Å². The summed E-state index contributed by atoms with van der Waals surface area (Å²) in [5.74, 6) is 2.22. The van der Waals surface area contributed by atoms with Crippen LogP contribution in [-0.4, -0.2) is 63.7 Å². The molecule has 2 fully saturated rings. The summed E-state index contributed by atoms with van der Waals surface area (Å²) >= 11 is 0. The molecule has 0 spiro atoms. The third-order valence-corrected chi connectivity index (χ3v) is 7.43. The summed E-state index contributed by atoms with van der Waals surface area (Å²) in [6, 6.07) is 0. The fraction of sp³-hybridized carbons (Fsp3) is 0.769. The topological polar surface area (TPSA) is 18.5 Å². The van der Waals surface area contributed by atoms with Crippen molar-refractivity contribution < 1.29 is 0 Å². The molecule has 1 aliphatic carbocycles. The van der Waals surface area contributed by atoms with Gasteiger partial charge < -0.3 is 15.1 Å². The normalized spacial score (nSPS) is 26.4. The molecule has 29 heavy (non-hydrogen) atoms. The van der Waals surface area contributed by atoms with Gasteiger partial charge in [0.05, 0.1) is 0 Å². The highest BCUT2D eigenvalue weighted by Gasteiger charge is 2.24. The summed E-state index contributed by atoms with van der Waals surface area (Å²) < 4.78 is 0. The van der Waals surface area contributed by atoms with E-state index >= 15 is 0 Å². The first kappa shape index (κ1) is 22.8. The van der Waals surface area contributed by atoms with Crippen LogP contribution < -0.4 is 5.32 Å².